The van der Waals surface area contributed by atoms with E-state index in [0.717, 1.165) is 0 Å². The molecule has 0 aliphatic heterocycles. The number of aromatic nitrogens is 1. The molecule has 3 rings (SSSR count). The Morgan fingerprint density at radius 1 is 0.762 bits per heavy atom. The molecule has 0 atom stereocenters. The van der Waals surface area contributed by atoms with Crippen molar-refractivity contribution in [2.45, 2.75) is 27.7 Å². The fourth-order valence-corrected chi connectivity index (χ4v) is 3.00. The van der Waals surface area contributed by atoms with Gasteiger partial charge >= 0.3 is 0 Å². The highest BCUT2D eigenvalue weighted by Crippen LogP contribution is 2.29. The standard InChI is InChI=1S/C20H22N/c1-13-6-8-15(3)18(10-13)20-19-11-14(2)7-9-17(19)12-16(4)21(20)5/h6-12H,1-5H3/q+1. The summed E-state index contributed by atoms with van der Waals surface area (Å²) in [6.45, 7) is 8.69. The molecule has 1 heterocycles. The molecule has 0 N–H and O–H groups in total. The number of benzene rings is 2. The van der Waals surface area contributed by atoms with Crippen molar-refractivity contribution in [3.05, 3.63) is 64.8 Å². The number of fused-ring (bicyclic) bond motifs is 1. The SMILES string of the molecule is Cc1ccc(C)c(-c2c3cc(C)ccc3cc(C)[n+]2C)c1. The van der Waals surface area contributed by atoms with Crippen molar-refractivity contribution in [2.75, 3.05) is 0 Å². The first kappa shape index (κ1) is 13.8. The Balaban J connectivity index is 2.48. The zero-order valence-corrected chi connectivity index (χ0v) is 13.5. The van der Waals surface area contributed by atoms with E-state index in [4.69, 9.17) is 0 Å². The molecule has 21 heavy (non-hydrogen) atoms. The van der Waals surface area contributed by atoms with Crippen molar-refractivity contribution in [3.63, 3.8) is 0 Å². The largest absolute Gasteiger partial charge is 0.220 e. The van der Waals surface area contributed by atoms with Gasteiger partial charge in [-0.1, -0.05) is 35.4 Å². The van der Waals surface area contributed by atoms with Gasteiger partial charge in [-0.15, -0.1) is 0 Å². The predicted octanol–water partition coefficient (Wildman–Crippen LogP) is 4.56. The summed E-state index contributed by atoms with van der Waals surface area (Å²) in [5.74, 6) is 0. The third-order valence-corrected chi connectivity index (χ3v) is 4.34. The second kappa shape index (κ2) is 5.00. The molecule has 0 radical (unpaired) electrons. The highest BCUT2D eigenvalue weighted by atomic mass is 14.9. The van der Waals surface area contributed by atoms with E-state index in [-0.39, 0.29) is 0 Å². The summed E-state index contributed by atoms with van der Waals surface area (Å²) in [5, 5.41) is 2.64. The minimum Gasteiger partial charge on any atom is -0.198 e. The summed E-state index contributed by atoms with van der Waals surface area (Å²) in [6, 6.07) is 15.7. The van der Waals surface area contributed by atoms with Crippen molar-refractivity contribution in [2.24, 2.45) is 7.05 Å². The average molecular weight is 276 g/mol. The van der Waals surface area contributed by atoms with Crippen LogP contribution >= 0.6 is 0 Å². The number of nitrogens with zero attached hydrogens (tertiary/aromatic N) is 1. The summed E-state index contributed by atoms with van der Waals surface area (Å²) >= 11 is 0. The molecule has 0 bridgehead atoms. The molecule has 0 spiro atoms. The maximum atomic E-state index is 2.31. The molecule has 2 aromatic carbocycles. The van der Waals surface area contributed by atoms with Crippen LogP contribution in [0.2, 0.25) is 0 Å². The van der Waals surface area contributed by atoms with Gasteiger partial charge in [0, 0.05) is 18.6 Å². The van der Waals surface area contributed by atoms with Gasteiger partial charge in [-0.05, 0) is 43.9 Å². The monoisotopic (exact) mass is 276 g/mol. The van der Waals surface area contributed by atoms with Crippen molar-refractivity contribution in [3.8, 4) is 11.3 Å². The second-order valence-corrected chi connectivity index (χ2v) is 6.10. The zero-order chi connectivity index (χ0) is 15.1. The van der Waals surface area contributed by atoms with Gasteiger partial charge in [0.25, 0.3) is 0 Å². The molecule has 106 valence electrons. The quantitative estimate of drug-likeness (QED) is 0.573. The van der Waals surface area contributed by atoms with Gasteiger partial charge in [-0.25, -0.2) is 0 Å². The van der Waals surface area contributed by atoms with E-state index < -0.39 is 0 Å². The summed E-state index contributed by atoms with van der Waals surface area (Å²) in [6.07, 6.45) is 0. The number of pyridine rings is 1. The van der Waals surface area contributed by atoms with E-state index in [0.29, 0.717) is 0 Å². The predicted molar refractivity (Wildman–Crippen MR) is 89.5 cm³/mol. The van der Waals surface area contributed by atoms with Crippen LogP contribution in [-0.2, 0) is 7.05 Å². The molecule has 1 aromatic heterocycles. The van der Waals surface area contributed by atoms with Gasteiger partial charge < -0.3 is 0 Å². The molecule has 3 aromatic rings. The van der Waals surface area contributed by atoms with Crippen molar-refractivity contribution < 1.29 is 4.57 Å². The van der Waals surface area contributed by atoms with E-state index >= 15 is 0 Å². The highest BCUT2D eigenvalue weighted by Gasteiger charge is 2.19. The minimum atomic E-state index is 1.28. The van der Waals surface area contributed by atoms with E-state index in [1.165, 1.54) is 44.4 Å². The van der Waals surface area contributed by atoms with Gasteiger partial charge in [0.2, 0.25) is 5.69 Å². The molecule has 1 heteroatoms. The minimum absolute atomic E-state index is 1.28. The molecular formula is C20H22N+. The van der Waals surface area contributed by atoms with Crippen LogP contribution in [0.3, 0.4) is 0 Å². The maximum absolute atomic E-state index is 2.31. The molecule has 0 saturated carbocycles. The van der Waals surface area contributed by atoms with Crippen LogP contribution < -0.4 is 4.57 Å². The van der Waals surface area contributed by atoms with E-state index in [1.54, 1.807) is 0 Å². The van der Waals surface area contributed by atoms with Crippen LogP contribution in [-0.4, -0.2) is 0 Å². The lowest BCUT2D eigenvalue weighted by molar-refractivity contribution is -0.665. The lowest BCUT2D eigenvalue weighted by Crippen LogP contribution is -2.35. The van der Waals surface area contributed by atoms with Crippen LogP contribution in [0.4, 0.5) is 0 Å². The summed E-state index contributed by atoms with van der Waals surface area (Å²) in [5.41, 5.74) is 7.86. The van der Waals surface area contributed by atoms with Crippen LogP contribution in [0.25, 0.3) is 22.0 Å². The van der Waals surface area contributed by atoms with Crippen LogP contribution in [0.1, 0.15) is 22.4 Å². The zero-order valence-electron chi connectivity index (χ0n) is 13.5. The van der Waals surface area contributed by atoms with E-state index in [2.05, 4.69) is 81.8 Å². The molecule has 0 saturated heterocycles. The molecule has 0 aliphatic rings. The second-order valence-electron chi connectivity index (χ2n) is 6.10. The smallest absolute Gasteiger partial charge is 0.198 e. The van der Waals surface area contributed by atoms with E-state index in [1.807, 2.05) is 0 Å². The van der Waals surface area contributed by atoms with Crippen molar-refractivity contribution in [1.82, 2.24) is 0 Å². The van der Waals surface area contributed by atoms with Crippen molar-refractivity contribution >= 4 is 10.8 Å². The Labute approximate surface area is 126 Å². The van der Waals surface area contributed by atoms with Crippen LogP contribution in [0, 0.1) is 27.7 Å². The summed E-state index contributed by atoms with van der Waals surface area (Å²) in [4.78, 5) is 0. The number of hydrogen-bond donors (Lipinski definition) is 0. The van der Waals surface area contributed by atoms with Crippen LogP contribution in [0.15, 0.2) is 42.5 Å². The molecule has 1 nitrogen and oxygen atoms in total. The first-order valence-corrected chi connectivity index (χ1v) is 7.45. The van der Waals surface area contributed by atoms with Gasteiger partial charge in [0.15, 0.2) is 5.69 Å². The maximum Gasteiger partial charge on any atom is 0.220 e. The first-order chi connectivity index (χ1) is 9.97. The molecular weight excluding hydrogens is 254 g/mol. The Morgan fingerprint density at radius 3 is 2.19 bits per heavy atom. The third-order valence-electron chi connectivity index (χ3n) is 4.34. The van der Waals surface area contributed by atoms with Gasteiger partial charge in [-0.2, -0.15) is 4.57 Å². The summed E-state index contributed by atoms with van der Waals surface area (Å²) < 4.78 is 2.31. The summed E-state index contributed by atoms with van der Waals surface area (Å²) in [7, 11) is 2.16. The number of aryl methyl sites for hydroxylation is 4. The lowest BCUT2D eigenvalue weighted by Gasteiger charge is -2.11. The third kappa shape index (κ3) is 2.33. The van der Waals surface area contributed by atoms with Crippen molar-refractivity contribution in [1.29, 1.82) is 0 Å². The average Bonchev–Trinajstić information content (AvgIpc) is 2.44. The van der Waals surface area contributed by atoms with Gasteiger partial charge in [0.05, 0.1) is 5.39 Å². The Bertz CT molecular complexity index is 844. The number of hydrogen-bond acceptors (Lipinski definition) is 0. The highest BCUT2D eigenvalue weighted by molar-refractivity contribution is 5.94. The molecule has 0 unspecified atom stereocenters. The molecule has 0 amide bonds. The fourth-order valence-electron chi connectivity index (χ4n) is 3.00. The topological polar surface area (TPSA) is 3.88 Å². The normalized spacial score (nSPS) is 11.1. The molecule has 0 fully saturated rings. The Hall–Kier alpha value is -2.15. The Kier molecular flexibility index (Phi) is 3.29. The van der Waals surface area contributed by atoms with Crippen LogP contribution in [0.5, 0.6) is 0 Å². The van der Waals surface area contributed by atoms with Gasteiger partial charge in [-0.3, -0.25) is 0 Å². The number of rotatable bonds is 1. The van der Waals surface area contributed by atoms with Gasteiger partial charge in [0.1, 0.15) is 7.05 Å². The lowest BCUT2D eigenvalue weighted by atomic mass is 9.96. The molecule has 0 aliphatic carbocycles. The Morgan fingerprint density at radius 2 is 1.43 bits per heavy atom. The fraction of sp³-hybridized carbons (Fsp3) is 0.250. The first-order valence-electron chi connectivity index (χ1n) is 7.45. The van der Waals surface area contributed by atoms with E-state index in [9.17, 15) is 0 Å².